The van der Waals surface area contributed by atoms with Crippen LogP contribution < -0.4 is 0 Å². The van der Waals surface area contributed by atoms with Crippen LogP contribution in [0.4, 0.5) is 0 Å². The molecule has 19 heavy (non-hydrogen) atoms. The monoisotopic (exact) mass is 342 g/mol. The fraction of sp³-hybridized carbons (Fsp3) is 0.429. The van der Waals surface area contributed by atoms with Crippen molar-refractivity contribution in [3.8, 4) is 0 Å². The van der Waals surface area contributed by atoms with Crippen LogP contribution in [0, 0.1) is 17.8 Å². The number of halogens is 1. The van der Waals surface area contributed by atoms with E-state index >= 15 is 0 Å². The van der Waals surface area contributed by atoms with E-state index in [0.29, 0.717) is 24.4 Å². The average molecular weight is 343 g/mol. The molecule has 0 heterocycles. The Morgan fingerprint density at radius 3 is 2.47 bits per heavy atom. The van der Waals surface area contributed by atoms with E-state index in [4.69, 9.17) is 4.18 Å². The van der Waals surface area contributed by atoms with E-state index in [9.17, 15) is 8.42 Å². The molecule has 102 valence electrons. The summed E-state index contributed by atoms with van der Waals surface area (Å²) in [5.41, 5.74) is 0. The van der Waals surface area contributed by atoms with E-state index in [2.05, 4.69) is 28.1 Å². The van der Waals surface area contributed by atoms with Gasteiger partial charge in [-0.1, -0.05) is 28.1 Å². The topological polar surface area (TPSA) is 43.4 Å². The molecule has 0 N–H and O–H groups in total. The van der Waals surface area contributed by atoms with Gasteiger partial charge >= 0.3 is 0 Å². The van der Waals surface area contributed by atoms with Crippen molar-refractivity contribution in [3.63, 3.8) is 0 Å². The van der Waals surface area contributed by atoms with Gasteiger partial charge in [-0.05, 0) is 54.9 Å². The summed E-state index contributed by atoms with van der Waals surface area (Å²) in [6, 6.07) is 6.52. The van der Waals surface area contributed by atoms with Gasteiger partial charge in [-0.25, -0.2) is 0 Å². The van der Waals surface area contributed by atoms with Gasteiger partial charge in [-0.15, -0.1) is 0 Å². The van der Waals surface area contributed by atoms with Gasteiger partial charge in [0.1, 0.15) is 0 Å². The van der Waals surface area contributed by atoms with Gasteiger partial charge in [-0.3, -0.25) is 4.18 Å². The fourth-order valence-electron chi connectivity index (χ4n) is 2.93. The summed E-state index contributed by atoms with van der Waals surface area (Å²) in [4.78, 5) is 0.217. The van der Waals surface area contributed by atoms with Gasteiger partial charge in [0.2, 0.25) is 0 Å². The molecule has 0 aromatic heterocycles. The van der Waals surface area contributed by atoms with Crippen molar-refractivity contribution in [2.24, 2.45) is 17.8 Å². The molecule has 0 radical (unpaired) electrons. The van der Waals surface area contributed by atoms with E-state index in [1.54, 1.807) is 24.3 Å². The number of hydrogen-bond acceptors (Lipinski definition) is 3. The molecule has 3 unspecified atom stereocenters. The summed E-state index contributed by atoms with van der Waals surface area (Å²) in [5, 5.41) is 0. The van der Waals surface area contributed by atoms with Crippen LogP contribution in [0.5, 0.6) is 0 Å². The molecule has 2 bridgehead atoms. The quantitative estimate of drug-likeness (QED) is 0.622. The predicted molar refractivity (Wildman–Crippen MR) is 76.1 cm³/mol. The first-order valence-electron chi connectivity index (χ1n) is 6.38. The van der Waals surface area contributed by atoms with Crippen LogP contribution in [0.25, 0.3) is 0 Å². The Morgan fingerprint density at radius 1 is 1.16 bits per heavy atom. The molecule has 2 aliphatic rings. The van der Waals surface area contributed by atoms with E-state index in [1.807, 2.05) is 0 Å². The van der Waals surface area contributed by atoms with E-state index in [1.165, 1.54) is 0 Å². The van der Waals surface area contributed by atoms with Crippen LogP contribution in [0.2, 0.25) is 0 Å². The third kappa shape index (κ3) is 2.78. The second-order valence-electron chi connectivity index (χ2n) is 5.23. The van der Waals surface area contributed by atoms with Crippen LogP contribution in [0.3, 0.4) is 0 Å². The Kier molecular flexibility index (Phi) is 3.53. The van der Waals surface area contributed by atoms with Crippen molar-refractivity contribution in [1.29, 1.82) is 0 Å². The molecule has 0 amide bonds. The highest BCUT2D eigenvalue weighted by Gasteiger charge is 2.36. The lowest BCUT2D eigenvalue weighted by Gasteiger charge is -2.17. The molecular formula is C14H15BrO3S. The molecule has 5 heteroatoms. The van der Waals surface area contributed by atoms with Crippen LogP contribution >= 0.6 is 15.9 Å². The van der Waals surface area contributed by atoms with Crippen LogP contribution in [-0.2, 0) is 14.3 Å². The Balaban J connectivity index is 1.66. The van der Waals surface area contributed by atoms with Crippen molar-refractivity contribution >= 4 is 26.0 Å². The Morgan fingerprint density at radius 2 is 1.89 bits per heavy atom. The molecule has 0 spiro atoms. The Hall–Kier alpha value is -0.650. The summed E-state index contributed by atoms with van der Waals surface area (Å²) in [7, 11) is -3.63. The molecule has 2 aliphatic carbocycles. The maximum atomic E-state index is 12.1. The number of rotatable bonds is 4. The minimum absolute atomic E-state index is 0.217. The van der Waals surface area contributed by atoms with Gasteiger partial charge in [0.05, 0.1) is 11.5 Å². The highest BCUT2D eigenvalue weighted by molar-refractivity contribution is 9.10. The smallest absolute Gasteiger partial charge is 0.266 e. The fourth-order valence-corrected chi connectivity index (χ4v) is 4.16. The van der Waals surface area contributed by atoms with Crippen molar-refractivity contribution in [2.45, 2.75) is 17.7 Å². The van der Waals surface area contributed by atoms with Crippen LogP contribution in [0.1, 0.15) is 12.8 Å². The summed E-state index contributed by atoms with van der Waals surface area (Å²) in [5.74, 6) is 1.49. The molecule has 3 rings (SSSR count). The maximum absolute atomic E-state index is 12.1. The Labute approximate surface area is 121 Å². The lowest BCUT2D eigenvalue weighted by Crippen LogP contribution is -2.18. The normalized spacial score (nSPS) is 29.0. The second kappa shape index (κ2) is 5.04. The highest BCUT2D eigenvalue weighted by atomic mass is 79.9. The molecular weight excluding hydrogens is 328 g/mol. The molecule has 0 saturated heterocycles. The lowest BCUT2D eigenvalue weighted by atomic mass is 9.95. The maximum Gasteiger partial charge on any atom is 0.296 e. The number of fused-ring (bicyclic) bond motifs is 2. The summed E-state index contributed by atoms with van der Waals surface area (Å²) < 4.78 is 30.2. The number of allylic oxidation sites excluding steroid dienone is 2. The summed E-state index contributed by atoms with van der Waals surface area (Å²) >= 11 is 3.28. The zero-order valence-corrected chi connectivity index (χ0v) is 12.7. The Bertz CT molecular complexity index is 592. The first kappa shape index (κ1) is 13.3. The lowest BCUT2D eigenvalue weighted by molar-refractivity contribution is 0.233. The van der Waals surface area contributed by atoms with Gasteiger partial charge in [-0.2, -0.15) is 8.42 Å². The first-order valence-corrected chi connectivity index (χ1v) is 8.58. The molecule has 1 aromatic rings. The third-order valence-electron chi connectivity index (χ3n) is 3.96. The molecule has 3 atom stereocenters. The van der Waals surface area contributed by atoms with Gasteiger partial charge in [0, 0.05) is 4.47 Å². The molecule has 3 nitrogen and oxygen atoms in total. The minimum atomic E-state index is -3.63. The van der Waals surface area contributed by atoms with E-state index in [-0.39, 0.29) is 4.90 Å². The highest BCUT2D eigenvalue weighted by Crippen LogP contribution is 2.43. The molecule has 1 saturated carbocycles. The SMILES string of the molecule is O=S(=O)(OCC1CC2C=CC1C2)c1ccc(Br)cc1. The van der Waals surface area contributed by atoms with Crippen LogP contribution in [0.15, 0.2) is 45.8 Å². The van der Waals surface area contributed by atoms with Crippen molar-refractivity contribution in [3.05, 3.63) is 40.9 Å². The predicted octanol–water partition coefficient (Wildman–Crippen LogP) is 3.37. The summed E-state index contributed by atoms with van der Waals surface area (Å²) in [6.07, 6.45) is 6.65. The van der Waals surface area contributed by atoms with Crippen molar-refractivity contribution < 1.29 is 12.6 Å². The number of hydrogen-bond donors (Lipinski definition) is 0. The van der Waals surface area contributed by atoms with Gasteiger partial charge in [0.25, 0.3) is 10.1 Å². The largest absolute Gasteiger partial charge is 0.296 e. The van der Waals surface area contributed by atoms with E-state index in [0.717, 1.165) is 17.3 Å². The first-order chi connectivity index (χ1) is 9.04. The molecule has 1 aromatic carbocycles. The zero-order chi connectivity index (χ0) is 13.5. The van der Waals surface area contributed by atoms with Gasteiger partial charge in [0.15, 0.2) is 0 Å². The van der Waals surface area contributed by atoms with E-state index < -0.39 is 10.1 Å². The molecule has 0 aliphatic heterocycles. The standard InChI is InChI=1S/C14H15BrO3S/c15-13-3-5-14(6-4-13)19(16,17)18-9-12-8-10-1-2-11(12)7-10/h1-6,10-12H,7-9H2. The van der Waals surface area contributed by atoms with Crippen molar-refractivity contribution in [1.82, 2.24) is 0 Å². The van der Waals surface area contributed by atoms with Crippen molar-refractivity contribution in [2.75, 3.05) is 6.61 Å². The van der Waals surface area contributed by atoms with Gasteiger partial charge < -0.3 is 0 Å². The third-order valence-corrected chi connectivity index (χ3v) is 5.78. The average Bonchev–Trinajstić information content (AvgIpc) is 2.99. The molecule has 1 fully saturated rings. The second-order valence-corrected chi connectivity index (χ2v) is 7.76. The number of benzene rings is 1. The minimum Gasteiger partial charge on any atom is -0.266 e. The summed E-state index contributed by atoms with van der Waals surface area (Å²) in [6.45, 7) is 0.296. The van der Waals surface area contributed by atoms with Crippen LogP contribution in [-0.4, -0.2) is 15.0 Å². The zero-order valence-electron chi connectivity index (χ0n) is 10.3.